The van der Waals surface area contributed by atoms with Crippen LogP contribution in [0.5, 0.6) is 11.5 Å². The van der Waals surface area contributed by atoms with E-state index in [1.165, 1.54) is 6.42 Å². The fourth-order valence-corrected chi connectivity index (χ4v) is 2.14. The van der Waals surface area contributed by atoms with Crippen LogP contribution >= 0.6 is 0 Å². The van der Waals surface area contributed by atoms with Gasteiger partial charge in [-0.2, -0.15) is 4.98 Å². The first kappa shape index (κ1) is 11.8. The van der Waals surface area contributed by atoms with Gasteiger partial charge in [-0.15, -0.1) is 0 Å². The summed E-state index contributed by atoms with van der Waals surface area (Å²) < 4.78 is 11.1. The molecule has 0 saturated heterocycles. The van der Waals surface area contributed by atoms with Gasteiger partial charge in [-0.25, -0.2) is 4.79 Å². The molecule has 2 aromatic rings. The van der Waals surface area contributed by atoms with E-state index in [9.17, 15) is 4.79 Å². The summed E-state index contributed by atoms with van der Waals surface area (Å²) in [5, 5.41) is 0.632. The lowest BCUT2D eigenvalue weighted by molar-refractivity contribution is 0.122. The van der Waals surface area contributed by atoms with Crippen LogP contribution in [0.15, 0.2) is 16.9 Å². The van der Waals surface area contributed by atoms with Crippen molar-refractivity contribution in [3.8, 4) is 11.5 Å². The maximum absolute atomic E-state index is 11.4. The smallest absolute Gasteiger partial charge is 0.347 e. The average Bonchev–Trinajstić information content (AvgIpc) is 2.32. The molecule has 1 aromatic heterocycles. The topological polar surface area (TPSA) is 90.2 Å². The summed E-state index contributed by atoms with van der Waals surface area (Å²) in [7, 11) is 1.57. The SMILES string of the molecule is COc1cc(OC2CCC2)c2c(N)nc(=O)[nH]c2c1. The molecular formula is C13H15N3O3. The zero-order valence-electron chi connectivity index (χ0n) is 10.6. The largest absolute Gasteiger partial charge is 0.497 e. The van der Waals surface area contributed by atoms with Crippen LogP contribution in [0.25, 0.3) is 10.9 Å². The predicted octanol–water partition coefficient (Wildman–Crippen LogP) is 1.45. The molecule has 0 unspecified atom stereocenters. The van der Waals surface area contributed by atoms with Crippen LogP contribution in [-0.4, -0.2) is 23.2 Å². The second-order valence-corrected chi connectivity index (χ2v) is 4.65. The molecule has 19 heavy (non-hydrogen) atoms. The highest BCUT2D eigenvalue weighted by atomic mass is 16.5. The van der Waals surface area contributed by atoms with Gasteiger partial charge in [-0.05, 0) is 19.3 Å². The Labute approximate surface area is 109 Å². The third-order valence-electron chi connectivity index (χ3n) is 3.38. The van der Waals surface area contributed by atoms with Crippen LogP contribution in [0.4, 0.5) is 5.82 Å². The Kier molecular flexibility index (Phi) is 2.77. The number of hydrogen-bond donors (Lipinski definition) is 2. The molecule has 0 amide bonds. The first-order valence-electron chi connectivity index (χ1n) is 6.21. The van der Waals surface area contributed by atoms with E-state index in [1.807, 2.05) is 0 Å². The van der Waals surface area contributed by atoms with Crippen molar-refractivity contribution in [2.75, 3.05) is 12.8 Å². The summed E-state index contributed by atoms with van der Waals surface area (Å²) in [5.41, 5.74) is 5.93. The summed E-state index contributed by atoms with van der Waals surface area (Å²) in [6, 6.07) is 3.49. The Morgan fingerprint density at radius 1 is 1.42 bits per heavy atom. The number of benzene rings is 1. The molecule has 0 bridgehead atoms. The van der Waals surface area contributed by atoms with Gasteiger partial charge >= 0.3 is 5.69 Å². The molecule has 0 radical (unpaired) electrons. The molecule has 1 fully saturated rings. The Bertz CT molecular complexity index is 677. The van der Waals surface area contributed by atoms with E-state index < -0.39 is 5.69 Å². The molecule has 6 nitrogen and oxygen atoms in total. The quantitative estimate of drug-likeness (QED) is 0.872. The van der Waals surface area contributed by atoms with Gasteiger partial charge in [0.2, 0.25) is 0 Å². The number of ether oxygens (including phenoxy) is 2. The monoisotopic (exact) mass is 261 g/mol. The third-order valence-corrected chi connectivity index (χ3v) is 3.38. The third kappa shape index (κ3) is 2.09. The minimum absolute atomic E-state index is 0.177. The number of aromatic nitrogens is 2. The second-order valence-electron chi connectivity index (χ2n) is 4.65. The summed E-state index contributed by atoms with van der Waals surface area (Å²) >= 11 is 0. The number of H-pyrrole nitrogens is 1. The molecule has 1 heterocycles. The average molecular weight is 261 g/mol. The van der Waals surface area contributed by atoms with E-state index >= 15 is 0 Å². The molecular weight excluding hydrogens is 246 g/mol. The number of rotatable bonds is 3. The second kappa shape index (κ2) is 4.46. The highest BCUT2D eigenvalue weighted by molar-refractivity contribution is 5.94. The van der Waals surface area contributed by atoms with Gasteiger partial charge in [0, 0.05) is 12.1 Å². The molecule has 0 atom stereocenters. The van der Waals surface area contributed by atoms with E-state index in [4.69, 9.17) is 15.2 Å². The van der Waals surface area contributed by atoms with Crippen molar-refractivity contribution < 1.29 is 9.47 Å². The highest BCUT2D eigenvalue weighted by Gasteiger charge is 2.21. The van der Waals surface area contributed by atoms with E-state index in [2.05, 4.69) is 9.97 Å². The number of nitrogens with two attached hydrogens (primary N) is 1. The van der Waals surface area contributed by atoms with Gasteiger partial charge in [0.05, 0.1) is 24.1 Å². The molecule has 100 valence electrons. The highest BCUT2D eigenvalue weighted by Crippen LogP contribution is 2.35. The van der Waals surface area contributed by atoms with Gasteiger partial charge in [-0.1, -0.05) is 0 Å². The van der Waals surface area contributed by atoms with E-state index in [1.54, 1.807) is 19.2 Å². The maximum atomic E-state index is 11.4. The zero-order valence-corrected chi connectivity index (χ0v) is 10.6. The minimum Gasteiger partial charge on any atom is -0.497 e. The molecule has 0 spiro atoms. The van der Waals surface area contributed by atoms with Crippen LogP contribution in [0.1, 0.15) is 19.3 Å². The van der Waals surface area contributed by atoms with Crippen LogP contribution < -0.4 is 20.9 Å². The van der Waals surface area contributed by atoms with Gasteiger partial charge in [0.25, 0.3) is 0 Å². The normalized spacial score (nSPS) is 15.2. The summed E-state index contributed by atoms with van der Waals surface area (Å²) in [5.74, 6) is 1.40. The number of nitrogen functional groups attached to an aromatic ring is 1. The van der Waals surface area contributed by atoms with E-state index in [0.717, 1.165) is 12.8 Å². The van der Waals surface area contributed by atoms with Crippen molar-refractivity contribution in [1.29, 1.82) is 0 Å². The number of methoxy groups -OCH3 is 1. The molecule has 1 aliphatic rings. The fraction of sp³-hybridized carbons (Fsp3) is 0.385. The number of fused-ring (bicyclic) bond motifs is 1. The Morgan fingerprint density at radius 2 is 2.21 bits per heavy atom. The molecule has 1 aromatic carbocycles. The zero-order chi connectivity index (χ0) is 13.4. The number of hydrogen-bond acceptors (Lipinski definition) is 5. The Hall–Kier alpha value is -2.24. The first-order chi connectivity index (χ1) is 9.17. The molecule has 1 aliphatic carbocycles. The number of nitrogens with one attached hydrogen (secondary N) is 1. The standard InChI is InChI=1S/C13H15N3O3/c1-18-8-5-9-11(12(14)16-13(17)15-9)10(6-8)19-7-3-2-4-7/h5-7H,2-4H2,1H3,(H3,14,15,16,17). The van der Waals surface area contributed by atoms with Crippen molar-refractivity contribution in [2.24, 2.45) is 0 Å². The van der Waals surface area contributed by atoms with Gasteiger partial charge in [-0.3, -0.25) is 0 Å². The number of anilines is 1. The molecule has 3 rings (SSSR count). The van der Waals surface area contributed by atoms with Crippen LogP contribution in [0.2, 0.25) is 0 Å². The maximum Gasteiger partial charge on any atom is 0.347 e. The van der Waals surface area contributed by atoms with Crippen LogP contribution in [0.3, 0.4) is 0 Å². The van der Waals surface area contributed by atoms with Crippen LogP contribution in [0, 0.1) is 0 Å². The summed E-state index contributed by atoms with van der Waals surface area (Å²) in [6.45, 7) is 0. The van der Waals surface area contributed by atoms with Crippen molar-refractivity contribution in [3.63, 3.8) is 0 Å². The van der Waals surface area contributed by atoms with Crippen molar-refractivity contribution in [2.45, 2.75) is 25.4 Å². The van der Waals surface area contributed by atoms with Gasteiger partial charge in [0.1, 0.15) is 17.3 Å². The lowest BCUT2D eigenvalue weighted by Gasteiger charge is -2.27. The van der Waals surface area contributed by atoms with Crippen LogP contribution in [-0.2, 0) is 0 Å². The molecule has 0 aliphatic heterocycles. The van der Waals surface area contributed by atoms with E-state index in [0.29, 0.717) is 22.4 Å². The molecule has 6 heteroatoms. The Morgan fingerprint density at radius 3 is 2.84 bits per heavy atom. The fourth-order valence-electron chi connectivity index (χ4n) is 2.14. The van der Waals surface area contributed by atoms with Crippen molar-refractivity contribution >= 4 is 16.7 Å². The van der Waals surface area contributed by atoms with Gasteiger partial charge in [0.15, 0.2) is 0 Å². The summed E-state index contributed by atoms with van der Waals surface area (Å²) in [6.07, 6.45) is 3.46. The predicted molar refractivity (Wildman–Crippen MR) is 71.6 cm³/mol. The summed E-state index contributed by atoms with van der Waals surface area (Å²) in [4.78, 5) is 17.7. The van der Waals surface area contributed by atoms with Gasteiger partial charge < -0.3 is 20.2 Å². The van der Waals surface area contributed by atoms with Crippen molar-refractivity contribution in [1.82, 2.24) is 9.97 Å². The lowest BCUT2D eigenvalue weighted by Crippen LogP contribution is -2.25. The lowest BCUT2D eigenvalue weighted by atomic mass is 9.96. The first-order valence-corrected chi connectivity index (χ1v) is 6.21. The van der Waals surface area contributed by atoms with Crippen molar-refractivity contribution in [3.05, 3.63) is 22.6 Å². The molecule has 1 saturated carbocycles. The Balaban J connectivity index is 2.18. The number of nitrogens with zero attached hydrogens (tertiary/aromatic N) is 1. The number of aromatic amines is 1. The van der Waals surface area contributed by atoms with E-state index in [-0.39, 0.29) is 11.9 Å². The minimum atomic E-state index is -0.479. The molecule has 3 N–H and O–H groups in total.